The van der Waals surface area contributed by atoms with E-state index >= 15 is 0 Å². The van der Waals surface area contributed by atoms with Crippen LogP contribution in [0.3, 0.4) is 0 Å². The fourth-order valence-electron chi connectivity index (χ4n) is 4.26. The zero-order chi connectivity index (χ0) is 15.3. The summed E-state index contributed by atoms with van der Waals surface area (Å²) in [4.78, 5) is 2.48. The van der Waals surface area contributed by atoms with E-state index in [0.717, 1.165) is 12.8 Å². The lowest BCUT2D eigenvalue weighted by Crippen LogP contribution is -2.34. The fraction of sp³-hybridized carbons (Fsp3) is 0.500. The summed E-state index contributed by atoms with van der Waals surface area (Å²) in [5, 5.41) is 0. The second kappa shape index (κ2) is 4.84. The highest BCUT2D eigenvalue weighted by Gasteiger charge is 2.57. The van der Waals surface area contributed by atoms with Crippen LogP contribution in [-0.2, 0) is 6.42 Å². The van der Waals surface area contributed by atoms with E-state index in [4.69, 9.17) is 0 Å². The Kier molecular flexibility index (Phi) is 3.37. The normalized spacial score (nSPS) is 32.3. The Balaban J connectivity index is 2.02. The lowest BCUT2D eigenvalue weighted by atomic mass is 9.65. The van der Waals surface area contributed by atoms with Gasteiger partial charge in [0.1, 0.15) is 0 Å². The third-order valence-electron chi connectivity index (χ3n) is 5.58. The van der Waals surface area contributed by atoms with Gasteiger partial charge in [-0.25, -0.2) is 0 Å². The Labute approximate surface area is 129 Å². The van der Waals surface area contributed by atoms with Crippen LogP contribution in [-0.4, -0.2) is 24.0 Å². The molecule has 0 saturated carbocycles. The lowest BCUT2D eigenvalue weighted by Gasteiger charge is -2.40. The molecule has 112 valence electrons. The van der Waals surface area contributed by atoms with Crippen molar-refractivity contribution in [3.05, 3.63) is 53.1 Å². The Bertz CT molecular complexity index is 603. The highest BCUT2D eigenvalue weighted by molar-refractivity contribution is 5.76. The standard InChI is InChI=1S/C20H27N/c1-6-15-8-10-16(11-9-15)17-12-13-20(14-21(20)5)18(7-2)19(17,3)4/h7-12H,6,13-14H2,1-5H3/b18-7-. The molecule has 0 bridgehead atoms. The van der Waals surface area contributed by atoms with Gasteiger partial charge in [-0.15, -0.1) is 0 Å². The molecule has 1 heteroatoms. The van der Waals surface area contributed by atoms with E-state index < -0.39 is 0 Å². The maximum Gasteiger partial charge on any atom is 0.0590 e. The molecule has 0 N–H and O–H groups in total. The first-order valence-electron chi connectivity index (χ1n) is 8.14. The number of aryl methyl sites for hydroxylation is 1. The Morgan fingerprint density at radius 3 is 2.29 bits per heavy atom. The zero-order valence-electron chi connectivity index (χ0n) is 14.0. The van der Waals surface area contributed by atoms with Crippen LogP contribution in [0.2, 0.25) is 0 Å². The molecule has 2 aliphatic rings. The van der Waals surface area contributed by atoms with Crippen molar-refractivity contribution in [2.75, 3.05) is 13.6 Å². The van der Waals surface area contributed by atoms with Gasteiger partial charge in [-0.2, -0.15) is 0 Å². The molecule has 2 unspecified atom stereocenters. The van der Waals surface area contributed by atoms with Crippen molar-refractivity contribution in [3.8, 4) is 0 Å². The van der Waals surface area contributed by atoms with Crippen LogP contribution in [0.25, 0.3) is 5.57 Å². The van der Waals surface area contributed by atoms with Crippen LogP contribution >= 0.6 is 0 Å². The van der Waals surface area contributed by atoms with Gasteiger partial charge >= 0.3 is 0 Å². The van der Waals surface area contributed by atoms with Crippen LogP contribution in [0.5, 0.6) is 0 Å². The number of allylic oxidation sites excluding steroid dienone is 2. The van der Waals surface area contributed by atoms with Gasteiger partial charge in [0, 0.05) is 12.0 Å². The van der Waals surface area contributed by atoms with Gasteiger partial charge in [0.05, 0.1) is 5.54 Å². The summed E-state index contributed by atoms with van der Waals surface area (Å²) in [7, 11) is 2.24. The van der Waals surface area contributed by atoms with E-state index in [0.29, 0.717) is 5.54 Å². The van der Waals surface area contributed by atoms with E-state index in [1.165, 1.54) is 23.2 Å². The van der Waals surface area contributed by atoms with E-state index in [2.05, 4.69) is 76.1 Å². The molecule has 1 heterocycles. The summed E-state index contributed by atoms with van der Waals surface area (Å²) < 4.78 is 0. The molecule has 0 aromatic heterocycles. The zero-order valence-corrected chi connectivity index (χ0v) is 14.0. The van der Waals surface area contributed by atoms with Crippen LogP contribution in [0, 0.1) is 5.41 Å². The molecule has 3 rings (SSSR count). The second-order valence-electron chi connectivity index (χ2n) is 7.09. The monoisotopic (exact) mass is 281 g/mol. The molecular weight excluding hydrogens is 254 g/mol. The molecule has 1 aromatic carbocycles. The molecule has 1 saturated heterocycles. The van der Waals surface area contributed by atoms with E-state index in [1.807, 2.05) is 0 Å². The minimum atomic E-state index is 0.117. The molecule has 2 atom stereocenters. The summed E-state index contributed by atoms with van der Waals surface area (Å²) in [5.74, 6) is 0. The second-order valence-corrected chi connectivity index (χ2v) is 7.09. The maximum atomic E-state index is 2.48. The number of nitrogens with zero attached hydrogens (tertiary/aromatic N) is 1. The van der Waals surface area contributed by atoms with Gasteiger partial charge < -0.3 is 0 Å². The summed E-state index contributed by atoms with van der Waals surface area (Å²) in [5.41, 5.74) is 6.31. The summed E-state index contributed by atoms with van der Waals surface area (Å²) in [6.07, 6.45) is 7.10. The first-order valence-corrected chi connectivity index (χ1v) is 8.14. The highest BCUT2D eigenvalue weighted by atomic mass is 15.3. The van der Waals surface area contributed by atoms with Gasteiger partial charge in [0.25, 0.3) is 0 Å². The summed E-state index contributed by atoms with van der Waals surface area (Å²) >= 11 is 0. The molecule has 1 nitrogen and oxygen atoms in total. The average molecular weight is 281 g/mol. The summed E-state index contributed by atoms with van der Waals surface area (Å²) in [6.45, 7) is 10.4. The third-order valence-corrected chi connectivity index (χ3v) is 5.58. The number of hydrogen-bond donors (Lipinski definition) is 0. The van der Waals surface area contributed by atoms with E-state index in [9.17, 15) is 0 Å². The van der Waals surface area contributed by atoms with Gasteiger partial charge in [-0.05, 0) is 49.1 Å². The van der Waals surface area contributed by atoms with Crippen molar-refractivity contribution in [1.82, 2.24) is 4.90 Å². The quantitative estimate of drug-likeness (QED) is 0.561. The molecule has 1 spiro atoms. The Morgan fingerprint density at radius 2 is 1.81 bits per heavy atom. The van der Waals surface area contributed by atoms with Crippen LogP contribution in [0.1, 0.15) is 45.2 Å². The topological polar surface area (TPSA) is 3.01 Å². The molecule has 1 aliphatic heterocycles. The van der Waals surface area contributed by atoms with Gasteiger partial charge in [-0.1, -0.05) is 57.2 Å². The molecule has 21 heavy (non-hydrogen) atoms. The van der Waals surface area contributed by atoms with Gasteiger partial charge in [0.2, 0.25) is 0 Å². The molecular formula is C20H27N. The summed E-state index contributed by atoms with van der Waals surface area (Å²) in [6, 6.07) is 9.15. The number of likely N-dealkylation sites (N-methyl/N-ethyl adjacent to an activating group) is 1. The largest absolute Gasteiger partial charge is 0.293 e. The fourth-order valence-corrected chi connectivity index (χ4v) is 4.26. The molecule has 1 fully saturated rings. The average Bonchev–Trinajstić information content (AvgIpc) is 3.09. The van der Waals surface area contributed by atoms with Crippen molar-refractivity contribution >= 4 is 5.57 Å². The van der Waals surface area contributed by atoms with Crippen LogP contribution in [0.15, 0.2) is 42.0 Å². The molecule has 1 aliphatic carbocycles. The van der Waals surface area contributed by atoms with Crippen molar-refractivity contribution in [3.63, 3.8) is 0 Å². The predicted molar refractivity (Wildman–Crippen MR) is 91.3 cm³/mol. The predicted octanol–water partition coefficient (Wildman–Crippen LogP) is 4.69. The smallest absolute Gasteiger partial charge is 0.0590 e. The molecule has 0 amide bonds. The van der Waals surface area contributed by atoms with Gasteiger partial charge in [0.15, 0.2) is 0 Å². The SMILES string of the molecule is C/C=C1/C(C)(C)C(c2ccc(CC)cc2)=CCC12CN2C. The first kappa shape index (κ1) is 14.6. The van der Waals surface area contributed by atoms with Gasteiger partial charge in [-0.3, -0.25) is 4.90 Å². The third kappa shape index (κ3) is 2.10. The van der Waals surface area contributed by atoms with Crippen LogP contribution in [0.4, 0.5) is 0 Å². The molecule has 0 radical (unpaired) electrons. The number of benzene rings is 1. The number of hydrogen-bond acceptors (Lipinski definition) is 1. The van der Waals surface area contributed by atoms with E-state index in [1.54, 1.807) is 5.57 Å². The molecule has 1 aromatic rings. The highest BCUT2D eigenvalue weighted by Crippen LogP contribution is 2.57. The maximum absolute atomic E-state index is 2.48. The van der Waals surface area contributed by atoms with Crippen molar-refractivity contribution in [1.29, 1.82) is 0 Å². The Hall–Kier alpha value is -1.34. The minimum Gasteiger partial charge on any atom is -0.293 e. The minimum absolute atomic E-state index is 0.117. The Morgan fingerprint density at radius 1 is 1.19 bits per heavy atom. The van der Waals surface area contributed by atoms with Crippen molar-refractivity contribution < 1.29 is 0 Å². The van der Waals surface area contributed by atoms with Crippen LogP contribution < -0.4 is 0 Å². The van der Waals surface area contributed by atoms with E-state index in [-0.39, 0.29) is 5.41 Å². The van der Waals surface area contributed by atoms with Crippen molar-refractivity contribution in [2.45, 2.75) is 46.1 Å². The van der Waals surface area contributed by atoms with Crippen molar-refractivity contribution in [2.24, 2.45) is 5.41 Å². The number of rotatable bonds is 2. The lowest BCUT2D eigenvalue weighted by molar-refractivity contribution is 0.426. The first-order chi connectivity index (χ1) is 9.95.